The van der Waals surface area contributed by atoms with E-state index < -0.39 is 5.91 Å². The van der Waals surface area contributed by atoms with Crippen molar-refractivity contribution in [3.05, 3.63) is 41.6 Å². The minimum atomic E-state index is -0.452. The number of carbonyl (C=O) groups excluding carboxylic acids is 1. The van der Waals surface area contributed by atoms with E-state index in [-0.39, 0.29) is 0 Å². The number of pyridine rings is 1. The number of para-hydroxylation sites is 1. The summed E-state index contributed by atoms with van der Waals surface area (Å²) >= 11 is 0. The second kappa shape index (κ2) is 4.97. The van der Waals surface area contributed by atoms with Crippen molar-refractivity contribution in [2.24, 2.45) is 5.73 Å². The fourth-order valence-corrected chi connectivity index (χ4v) is 2.65. The van der Waals surface area contributed by atoms with Crippen LogP contribution < -0.4 is 5.73 Å². The molecule has 1 aromatic carbocycles. The molecular formula is C15H16N2O2. The number of hydrogen-bond donors (Lipinski definition) is 1. The summed E-state index contributed by atoms with van der Waals surface area (Å²) in [6.07, 6.45) is 1.83. The van der Waals surface area contributed by atoms with Gasteiger partial charge in [0.25, 0.3) is 5.91 Å². The molecule has 0 saturated carbocycles. The predicted octanol–water partition coefficient (Wildman–Crippen LogP) is 2.23. The van der Waals surface area contributed by atoms with E-state index >= 15 is 0 Å². The Bertz CT molecular complexity index is 619. The first-order valence-electron chi connectivity index (χ1n) is 6.53. The Morgan fingerprint density at radius 2 is 2.00 bits per heavy atom. The van der Waals surface area contributed by atoms with Crippen LogP contribution in [0.3, 0.4) is 0 Å². The van der Waals surface area contributed by atoms with Crippen LogP contribution in [0.1, 0.15) is 34.8 Å². The van der Waals surface area contributed by atoms with Gasteiger partial charge in [0.1, 0.15) is 5.69 Å². The predicted molar refractivity (Wildman–Crippen MR) is 73.1 cm³/mol. The molecule has 0 aliphatic carbocycles. The van der Waals surface area contributed by atoms with Crippen LogP contribution in [-0.2, 0) is 4.74 Å². The van der Waals surface area contributed by atoms with Gasteiger partial charge in [-0.05, 0) is 36.5 Å². The van der Waals surface area contributed by atoms with Crippen molar-refractivity contribution in [2.75, 3.05) is 13.2 Å². The lowest BCUT2D eigenvalue weighted by Crippen LogP contribution is -2.21. The molecule has 3 rings (SSSR count). The van der Waals surface area contributed by atoms with E-state index in [1.54, 1.807) is 0 Å². The van der Waals surface area contributed by atoms with E-state index in [4.69, 9.17) is 10.5 Å². The van der Waals surface area contributed by atoms with Gasteiger partial charge in [-0.15, -0.1) is 0 Å². The van der Waals surface area contributed by atoms with Gasteiger partial charge in [0, 0.05) is 18.6 Å². The number of rotatable bonds is 2. The molecule has 1 fully saturated rings. The maximum Gasteiger partial charge on any atom is 0.267 e. The van der Waals surface area contributed by atoms with Crippen molar-refractivity contribution < 1.29 is 9.53 Å². The summed E-state index contributed by atoms with van der Waals surface area (Å²) < 4.78 is 5.37. The van der Waals surface area contributed by atoms with E-state index in [9.17, 15) is 4.79 Å². The molecule has 0 spiro atoms. The summed E-state index contributed by atoms with van der Waals surface area (Å²) in [5.41, 5.74) is 7.67. The molecule has 19 heavy (non-hydrogen) atoms. The fraction of sp³-hybridized carbons (Fsp3) is 0.333. The van der Waals surface area contributed by atoms with E-state index in [1.165, 1.54) is 0 Å². The van der Waals surface area contributed by atoms with Gasteiger partial charge in [-0.2, -0.15) is 0 Å². The van der Waals surface area contributed by atoms with E-state index in [1.807, 2.05) is 24.3 Å². The van der Waals surface area contributed by atoms with Crippen LogP contribution in [0.15, 0.2) is 30.3 Å². The van der Waals surface area contributed by atoms with Gasteiger partial charge < -0.3 is 10.5 Å². The van der Waals surface area contributed by atoms with E-state index in [0.29, 0.717) is 11.6 Å². The highest BCUT2D eigenvalue weighted by atomic mass is 16.5. The number of fused-ring (bicyclic) bond motifs is 1. The maximum absolute atomic E-state index is 11.6. The Hall–Kier alpha value is -1.94. The van der Waals surface area contributed by atoms with Gasteiger partial charge in [0.2, 0.25) is 0 Å². The first kappa shape index (κ1) is 12.1. The number of hydrogen-bond acceptors (Lipinski definition) is 3. The van der Waals surface area contributed by atoms with Gasteiger partial charge >= 0.3 is 0 Å². The third kappa shape index (κ3) is 2.31. The van der Waals surface area contributed by atoms with Crippen LogP contribution in [0.4, 0.5) is 0 Å². The van der Waals surface area contributed by atoms with Crippen LogP contribution in [-0.4, -0.2) is 24.1 Å². The number of nitrogens with zero attached hydrogens (tertiary/aromatic N) is 1. The van der Waals surface area contributed by atoms with Crippen LogP contribution in [0.2, 0.25) is 0 Å². The maximum atomic E-state index is 11.6. The van der Waals surface area contributed by atoms with Crippen LogP contribution in [0.25, 0.3) is 10.9 Å². The zero-order valence-corrected chi connectivity index (χ0v) is 10.6. The minimum Gasteiger partial charge on any atom is -0.381 e. The summed E-state index contributed by atoms with van der Waals surface area (Å²) in [7, 11) is 0. The van der Waals surface area contributed by atoms with Crippen LogP contribution in [0, 0.1) is 0 Å². The molecular weight excluding hydrogens is 240 g/mol. The largest absolute Gasteiger partial charge is 0.381 e. The van der Waals surface area contributed by atoms with Crippen molar-refractivity contribution in [2.45, 2.75) is 18.8 Å². The third-order valence-electron chi connectivity index (χ3n) is 3.65. The lowest BCUT2D eigenvalue weighted by atomic mass is 9.89. The average Bonchev–Trinajstić information content (AvgIpc) is 2.46. The monoisotopic (exact) mass is 256 g/mol. The molecule has 1 aromatic heterocycles. The number of benzene rings is 1. The molecule has 4 heteroatoms. The Balaban J connectivity index is 2.14. The van der Waals surface area contributed by atoms with Crippen LogP contribution in [0.5, 0.6) is 0 Å². The Morgan fingerprint density at radius 3 is 2.74 bits per heavy atom. The Kier molecular flexibility index (Phi) is 3.17. The normalized spacial score (nSPS) is 16.6. The lowest BCUT2D eigenvalue weighted by molar-refractivity contribution is 0.0843. The average molecular weight is 256 g/mol. The first-order valence-corrected chi connectivity index (χ1v) is 6.53. The topological polar surface area (TPSA) is 65.2 Å². The first-order chi connectivity index (χ1) is 9.25. The highest BCUT2D eigenvalue weighted by Gasteiger charge is 2.22. The fourth-order valence-electron chi connectivity index (χ4n) is 2.65. The van der Waals surface area contributed by atoms with Crippen molar-refractivity contribution in [1.29, 1.82) is 0 Å². The molecule has 4 nitrogen and oxygen atoms in total. The summed E-state index contributed by atoms with van der Waals surface area (Å²) in [5.74, 6) is -0.138. The molecule has 0 bridgehead atoms. The lowest BCUT2D eigenvalue weighted by Gasteiger charge is -2.23. The van der Waals surface area contributed by atoms with Crippen molar-refractivity contribution >= 4 is 16.8 Å². The molecule has 2 N–H and O–H groups in total. The molecule has 1 aliphatic heterocycles. The van der Waals surface area contributed by atoms with Crippen molar-refractivity contribution in [1.82, 2.24) is 4.98 Å². The van der Waals surface area contributed by atoms with E-state index in [0.717, 1.165) is 42.5 Å². The number of carbonyl (C=O) groups is 1. The molecule has 0 unspecified atom stereocenters. The molecule has 2 aromatic rings. The molecule has 1 aliphatic rings. The zero-order valence-electron chi connectivity index (χ0n) is 10.6. The van der Waals surface area contributed by atoms with E-state index in [2.05, 4.69) is 11.1 Å². The number of primary amides is 1. The van der Waals surface area contributed by atoms with Crippen LogP contribution >= 0.6 is 0 Å². The minimum absolute atomic E-state index is 0.313. The molecule has 2 heterocycles. The highest BCUT2D eigenvalue weighted by Crippen LogP contribution is 2.30. The Labute approximate surface area is 111 Å². The molecule has 0 radical (unpaired) electrons. The van der Waals surface area contributed by atoms with Gasteiger partial charge in [0.05, 0.1) is 5.52 Å². The number of amides is 1. The number of aromatic nitrogens is 1. The molecule has 0 atom stereocenters. The number of ether oxygens (including phenoxy) is 1. The van der Waals surface area contributed by atoms with Gasteiger partial charge in [0.15, 0.2) is 0 Å². The van der Waals surface area contributed by atoms with Gasteiger partial charge in [-0.3, -0.25) is 4.79 Å². The summed E-state index contributed by atoms with van der Waals surface area (Å²) in [5, 5.41) is 1.05. The SMILES string of the molecule is NC(=O)c1nc2ccccc2cc1C1CCOCC1. The van der Waals surface area contributed by atoms with Crippen molar-refractivity contribution in [3.8, 4) is 0 Å². The Morgan fingerprint density at radius 1 is 1.26 bits per heavy atom. The summed E-state index contributed by atoms with van der Waals surface area (Å²) in [6, 6.07) is 9.85. The highest BCUT2D eigenvalue weighted by molar-refractivity contribution is 5.95. The second-order valence-corrected chi connectivity index (χ2v) is 4.87. The molecule has 1 amide bonds. The number of nitrogens with two attached hydrogens (primary N) is 1. The van der Waals surface area contributed by atoms with Gasteiger partial charge in [-0.25, -0.2) is 4.98 Å². The summed E-state index contributed by atoms with van der Waals surface area (Å²) in [6.45, 7) is 1.46. The zero-order chi connectivity index (χ0) is 13.2. The van der Waals surface area contributed by atoms with Crippen molar-refractivity contribution in [3.63, 3.8) is 0 Å². The molecule has 98 valence electrons. The quantitative estimate of drug-likeness (QED) is 0.896. The second-order valence-electron chi connectivity index (χ2n) is 4.87. The third-order valence-corrected chi connectivity index (χ3v) is 3.65. The standard InChI is InChI=1S/C15H16N2O2/c16-15(18)14-12(10-5-7-19-8-6-10)9-11-3-1-2-4-13(11)17-14/h1-4,9-10H,5-8H2,(H2,16,18). The smallest absolute Gasteiger partial charge is 0.267 e. The van der Waals surface area contributed by atoms with Gasteiger partial charge in [-0.1, -0.05) is 18.2 Å². The summed E-state index contributed by atoms with van der Waals surface area (Å²) in [4.78, 5) is 16.1. The molecule has 1 saturated heterocycles.